The molecule has 0 aliphatic rings. The van der Waals surface area contributed by atoms with Crippen molar-refractivity contribution in [2.24, 2.45) is 0 Å². The molecule has 0 N–H and O–H groups in total. The van der Waals surface area contributed by atoms with Gasteiger partial charge in [-0.05, 0) is 30.5 Å². The molecule has 0 spiro atoms. The number of carbonyl (C=O) groups is 1. The van der Waals surface area contributed by atoms with Crippen LogP contribution in [0.1, 0.15) is 102 Å². The molecule has 4 nitrogen and oxygen atoms in total. The fourth-order valence-corrected chi connectivity index (χ4v) is 4.77. The van der Waals surface area contributed by atoms with E-state index in [2.05, 4.69) is 57.4 Å². The zero-order valence-corrected chi connectivity index (χ0v) is 24.1. The van der Waals surface area contributed by atoms with E-state index < -0.39 is 6.29 Å². The minimum Gasteiger partial charge on any atom is -0.455 e. The number of ether oxygens (including phenoxy) is 2. The highest BCUT2D eigenvalue weighted by atomic mass is 16.7. The summed E-state index contributed by atoms with van der Waals surface area (Å²) in [4.78, 5) is 12.5. The second-order valence-corrected chi connectivity index (χ2v) is 11.1. The number of aryl methyl sites for hydroxylation is 1. The molecule has 1 atom stereocenters. The van der Waals surface area contributed by atoms with E-state index in [4.69, 9.17) is 9.47 Å². The average molecular weight is 511 g/mol. The summed E-state index contributed by atoms with van der Waals surface area (Å²) in [5.74, 6) is 0.603. The van der Waals surface area contributed by atoms with Crippen molar-refractivity contribution in [2.45, 2.75) is 110 Å². The van der Waals surface area contributed by atoms with Gasteiger partial charge in [0.15, 0.2) is 0 Å². The first-order valence-corrected chi connectivity index (χ1v) is 14.7. The number of benzene rings is 2. The van der Waals surface area contributed by atoms with Crippen LogP contribution in [0.5, 0.6) is 5.75 Å². The lowest BCUT2D eigenvalue weighted by Gasteiger charge is -2.30. The van der Waals surface area contributed by atoms with Crippen LogP contribution in [0, 0.1) is 0 Å². The van der Waals surface area contributed by atoms with Gasteiger partial charge in [-0.3, -0.25) is 4.79 Å². The first-order chi connectivity index (χ1) is 17.9. The van der Waals surface area contributed by atoms with E-state index in [-0.39, 0.29) is 5.97 Å². The van der Waals surface area contributed by atoms with Gasteiger partial charge >= 0.3 is 5.97 Å². The van der Waals surface area contributed by atoms with Gasteiger partial charge in [-0.25, -0.2) is 0 Å². The molecule has 1 unspecified atom stereocenters. The van der Waals surface area contributed by atoms with Crippen molar-refractivity contribution in [3.63, 3.8) is 0 Å². The number of carbonyl (C=O) groups excluding carboxylic acids is 1. The van der Waals surface area contributed by atoms with E-state index in [0.717, 1.165) is 36.2 Å². The maximum absolute atomic E-state index is 12.5. The van der Waals surface area contributed by atoms with Crippen molar-refractivity contribution < 1.29 is 18.8 Å². The summed E-state index contributed by atoms with van der Waals surface area (Å²) in [6.45, 7) is 6.13. The highest BCUT2D eigenvalue weighted by Gasteiger charge is 2.19. The number of nitrogens with zero attached hydrogens (tertiary/aromatic N) is 1. The van der Waals surface area contributed by atoms with E-state index in [1.807, 2.05) is 25.1 Å². The van der Waals surface area contributed by atoms with Gasteiger partial charge in [0.2, 0.25) is 6.29 Å². The molecule has 0 saturated carbocycles. The first-order valence-electron chi connectivity index (χ1n) is 14.7. The number of esters is 1. The SMILES string of the molecule is CCCCCCCCCCCc1cccc(OC(CC)OC(=O)CCC[N+](C)(C)Cc2ccccc2)c1. The molecule has 0 heterocycles. The fraction of sp³-hybridized carbons (Fsp3) is 0.606. The highest BCUT2D eigenvalue weighted by Crippen LogP contribution is 2.19. The number of unbranched alkanes of at least 4 members (excludes halogenated alkanes) is 8. The maximum atomic E-state index is 12.5. The fourth-order valence-electron chi connectivity index (χ4n) is 4.77. The lowest BCUT2D eigenvalue weighted by molar-refractivity contribution is -0.903. The molecule has 0 aromatic heterocycles. The third-order valence-electron chi connectivity index (χ3n) is 6.93. The Morgan fingerprint density at radius 2 is 1.43 bits per heavy atom. The molecule has 0 aliphatic heterocycles. The van der Waals surface area contributed by atoms with Crippen LogP contribution in [0.2, 0.25) is 0 Å². The molecule has 37 heavy (non-hydrogen) atoms. The molecule has 0 bridgehead atoms. The summed E-state index contributed by atoms with van der Waals surface area (Å²) in [6.07, 6.45) is 14.4. The van der Waals surface area contributed by atoms with Crippen molar-refractivity contribution in [1.29, 1.82) is 0 Å². The maximum Gasteiger partial charge on any atom is 0.309 e. The lowest BCUT2D eigenvalue weighted by atomic mass is 10.0. The molecule has 0 fully saturated rings. The van der Waals surface area contributed by atoms with Gasteiger partial charge in [0.1, 0.15) is 12.3 Å². The first kappa shape index (κ1) is 30.9. The van der Waals surface area contributed by atoms with E-state index in [1.54, 1.807) is 0 Å². The Balaban J connectivity index is 1.66. The van der Waals surface area contributed by atoms with E-state index in [0.29, 0.717) is 12.8 Å². The second-order valence-electron chi connectivity index (χ2n) is 11.1. The summed E-state index contributed by atoms with van der Waals surface area (Å²) in [5, 5.41) is 0. The number of hydrogen-bond acceptors (Lipinski definition) is 3. The molecule has 0 aliphatic carbocycles. The average Bonchev–Trinajstić information content (AvgIpc) is 2.87. The normalized spacial score (nSPS) is 12.3. The van der Waals surface area contributed by atoms with E-state index >= 15 is 0 Å². The number of hydrogen-bond donors (Lipinski definition) is 0. The molecular formula is C33H52NO3+. The van der Waals surface area contributed by atoms with Crippen LogP contribution in [-0.4, -0.2) is 37.4 Å². The number of rotatable bonds is 20. The third kappa shape index (κ3) is 14.3. The minimum absolute atomic E-state index is 0.183. The molecule has 2 aromatic rings. The van der Waals surface area contributed by atoms with Crippen LogP contribution >= 0.6 is 0 Å². The molecule has 2 aromatic carbocycles. The largest absolute Gasteiger partial charge is 0.455 e. The second kappa shape index (κ2) is 18.0. The quantitative estimate of drug-likeness (QED) is 0.0775. The number of quaternary nitrogens is 1. The Morgan fingerprint density at radius 3 is 2.11 bits per heavy atom. The van der Waals surface area contributed by atoms with Crippen LogP contribution in [0.15, 0.2) is 54.6 Å². The molecule has 0 radical (unpaired) electrons. The molecule has 0 saturated heterocycles. The van der Waals surface area contributed by atoms with Crippen molar-refractivity contribution in [3.8, 4) is 5.75 Å². The molecule has 2 rings (SSSR count). The predicted molar refractivity (Wildman–Crippen MR) is 155 cm³/mol. The van der Waals surface area contributed by atoms with Crippen LogP contribution in [0.4, 0.5) is 0 Å². The van der Waals surface area contributed by atoms with E-state index in [1.165, 1.54) is 68.9 Å². The minimum atomic E-state index is -0.540. The third-order valence-corrected chi connectivity index (χ3v) is 6.93. The van der Waals surface area contributed by atoms with Crippen LogP contribution in [0.25, 0.3) is 0 Å². The standard InChI is InChI=1S/C33H52NO3/c1-5-7-8-9-10-11-12-13-15-20-29-23-18-24-31(27-29)36-33(6-2)37-32(35)25-19-26-34(3,4)28-30-21-16-14-17-22-30/h14,16-18,21-24,27,33H,5-13,15,19-20,25-26,28H2,1-4H3/q+1. The van der Waals surface area contributed by atoms with Crippen molar-refractivity contribution in [3.05, 3.63) is 65.7 Å². The Labute approximate surface area is 227 Å². The van der Waals surface area contributed by atoms with E-state index in [9.17, 15) is 4.79 Å². The Morgan fingerprint density at radius 1 is 0.784 bits per heavy atom. The van der Waals surface area contributed by atoms with Gasteiger partial charge in [0, 0.05) is 18.4 Å². The monoisotopic (exact) mass is 510 g/mol. The Kier molecular flexibility index (Phi) is 15.0. The van der Waals surface area contributed by atoms with Crippen LogP contribution < -0.4 is 4.74 Å². The zero-order chi connectivity index (χ0) is 26.8. The van der Waals surface area contributed by atoms with Crippen molar-refractivity contribution >= 4 is 5.97 Å². The van der Waals surface area contributed by atoms with Gasteiger partial charge in [-0.15, -0.1) is 0 Å². The molecule has 206 valence electrons. The smallest absolute Gasteiger partial charge is 0.309 e. The van der Waals surface area contributed by atoms with Crippen LogP contribution in [0.3, 0.4) is 0 Å². The predicted octanol–water partition coefficient (Wildman–Crippen LogP) is 8.47. The summed E-state index contributed by atoms with van der Waals surface area (Å²) in [7, 11) is 4.41. The zero-order valence-electron chi connectivity index (χ0n) is 24.1. The van der Waals surface area contributed by atoms with Crippen LogP contribution in [-0.2, 0) is 22.5 Å². The lowest BCUT2D eigenvalue weighted by Crippen LogP contribution is -2.39. The molecular weight excluding hydrogens is 458 g/mol. The summed E-state index contributed by atoms with van der Waals surface area (Å²) < 4.78 is 12.6. The molecule has 0 amide bonds. The molecule has 4 heteroatoms. The summed E-state index contributed by atoms with van der Waals surface area (Å²) in [5.41, 5.74) is 2.61. The van der Waals surface area contributed by atoms with Gasteiger partial charge in [-0.2, -0.15) is 0 Å². The summed E-state index contributed by atoms with van der Waals surface area (Å²) >= 11 is 0. The highest BCUT2D eigenvalue weighted by molar-refractivity contribution is 5.69. The van der Waals surface area contributed by atoms with Crippen molar-refractivity contribution in [2.75, 3.05) is 20.6 Å². The Bertz CT molecular complexity index is 865. The van der Waals surface area contributed by atoms with Gasteiger partial charge in [0.05, 0.1) is 27.1 Å². The van der Waals surface area contributed by atoms with Gasteiger partial charge < -0.3 is 14.0 Å². The summed E-state index contributed by atoms with van der Waals surface area (Å²) in [6, 6.07) is 18.8. The van der Waals surface area contributed by atoms with Gasteiger partial charge in [0.25, 0.3) is 0 Å². The Hall–Kier alpha value is -2.33. The van der Waals surface area contributed by atoms with Gasteiger partial charge in [-0.1, -0.05) is 108 Å². The van der Waals surface area contributed by atoms with Crippen molar-refractivity contribution in [1.82, 2.24) is 0 Å². The topological polar surface area (TPSA) is 35.5 Å².